The summed E-state index contributed by atoms with van der Waals surface area (Å²) in [7, 11) is 0. The summed E-state index contributed by atoms with van der Waals surface area (Å²) in [6.45, 7) is 8.01. The second-order valence-electron chi connectivity index (χ2n) is 6.30. The maximum Gasteiger partial charge on any atom is 0.205 e. The average molecular weight is 354 g/mol. The third-order valence-electron chi connectivity index (χ3n) is 4.56. The molecule has 6 nitrogen and oxygen atoms in total. The molecule has 0 saturated carbocycles. The molecule has 7 heteroatoms. The summed E-state index contributed by atoms with van der Waals surface area (Å²) in [5, 5.41) is 1.04. The summed E-state index contributed by atoms with van der Waals surface area (Å²) < 4.78 is 4.42. The molecule has 3 heterocycles. The van der Waals surface area contributed by atoms with Crippen molar-refractivity contribution in [2.24, 2.45) is 0 Å². The van der Waals surface area contributed by atoms with E-state index in [0.717, 1.165) is 72.5 Å². The molecule has 130 valence electrons. The van der Waals surface area contributed by atoms with Crippen molar-refractivity contribution in [2.45, 2.75) is 26.7 Å². The molecule has 4 rings (SSSR count). The zero-order chi connectivity index (χ0) is 17.2. The smallest absolute Gasteiger partial charge is 0.205 e. The zero-order valence-electron chi connectivity index (χ0n) is 14.6. The number of nitrogens with zero attached hydrogens (tertiary/aromatic N) is 6. The van der Waals surface area contributed by atoms with Crippen LogP contribution in [0.5, 0.6) is 0 Å². The summed E-state index contributed by atoms with van der Waals surface area (Å²) in [6.07, 6.45) is 1.97. The van der Waals surface area contributed by atoms with Crippen LogP contribution < -0.4 is 9.80 Å². The summed E-state index contributed by atoms with van der Waals surface area (Å²) in [5.41, 5.74) is 2.92. The number of aromatic nitrogens is 4. The fraction of sp³-hybridized carbons (Fsp3) is 0.444. The second kappa shape index (κ2) is 6.92. The van der Waals surface area contributed by atoms with E-state index >= 15 is 0 Å². The Balaban J connectivity index is 1.55. The molecule has 0 radical (unpaired) electrons. The van der Waals surface area contributed by atoms with Crippen LogP contribution in [0.1, 0.15) is 24.9 Å². The first-order valence-corrected chi connectivity index (χ1v) is 9.58. The molecule has 0 unspecified atom stereocenters. The number of fused-ring (bicyclic) bond motifs is 1. The Labute approximate surface area is 151 Å². The van der Waals surface area contributed by atoms with E-state index < -0.39 is 0 Å². The fourth-order valence-electron chi connectivity index (χ4n) is 3.22. The number of rotatable bonds is 3. The van der Waals surface area contributed by atoms with Gasteiger partial charge in [-0.25, -0.2) is 15.0 Å². The predicted molar refractivity (Wildman–Crippen MR) is 103 cm³/mol. The van der Waals surface area contributed by atoms with Crippen LogP contribution in [0.2, 0.25) is 0 Å². The van der Waals surface area contributed by atoms with Crippen molar-refractivity contribution in [3.05, 3.63) is 35.8 Å². The Bertz CT molecular complexity index is 877. The van der Waals surface area contributed by atoms with Crippen LogP contribution in [0.25, 0.3) is 11.0 Å². The molecule has 2 aromatic heterocycles. The number of hydrogen-bond acceptors (Lipinski definition) is 7. The van der Waals surface area contributed by atoms with Crippen LogP contribution in [0.3, 0.4) is 0 Å². The highest BCUT2D eigenvalue weighted by atomic mass is 32.1. The highest BCUT2D eigenvalue weighted by Crippen LogP contribution is 2.24. The maximum atomic E-state index is 4.87. The third-order valence-corrected chi connectivity index (χ3v) is 5.37. The van der Waals surface area contributed by atoms with Crippen molar-refractivity contribution in [3.8, 4) is 0 Å². The van der Waals surface area contributed by atoms with Crippen molar-refractivity contribution in [3.63, 3.8) is 0 Å². The van der Waals surface area contributed by atoms with E-state index in [1.165, 1.54) is 11.5 Å². The lowest BCUT2D eigenvalue weighted by Gasteiger charge is -2.23. The molecule has 0 N–H and O–H groups in total. The second-order valence-corrected chi connectivity index (χ2v) is 7.03. The molecular formula is C18H22N6S. The summed E-state index contributed by atoms with van der Waals surface area (Å²) >= 11 is 1.51. The number of hydrogen-bond donors (Lipinski definition) is 0. The van der Waals surface area contributed by atoms with Crippen LogP contribution in [0, 0.1) is 6.92 Å². The van der Waals surface area contributed by atoms with Gasteiger partial charge < -0.3 is 9.80 Å². The molecule has 0 atom stereocenters. The van der Waals surface area contributed by atoms with Gasteiger partial charge in [-0.2, -0.15) is 4.37 Å². The quantitative estimate of drug-likeness (QED) is 0.720. The average Bonchev–Trinajstić information content (AvgIpc) is 2.98. The van der Waals surface area contributed by atoms with Gasteiger partial charge in [0.2, 0.25) is 5.13 Å². The van der Waals surface area contributed by atoms with Crippen LogP contribution in [-0.2, 0) is 6.42 Å². The van der Waals surface area contributed by atoms with E-state index in [1.807, 2.05) is 24.3 Å². The molecule has 3 aromatic rings. The lowest BCUT2D eigenvalue weighted by molar-refractivity contribution is 0.792. The monoisotopic (exact) mass is 354 g/mol. The van der Waals surface area contributed by atoms with Gasteiger partial charge in [0.25, 0.3) is 0 Å². The van der Waals surface area contributed by atoms with Gasteiger partial charge in [0.15, 0.2) is 5.82 Å². The molecule has 25 heavy (non-hydrogen) atoms. The molecule has 1 aliphatic rings. The van der Waals surface area contributed by atoms with Crippen LogP contribution >= 0.6 is 11.5 Å². The lowest BCUT2D eigenvalue weighted by Crippen LogP contribution is -2.31. The normalized spacial score (nSPS) is 15.6. The Morgan fingerprint density at radius 1 is 0.960 bits per heavy atom. The molecule has 0 spiro atoms. The largest absolute Gasteiger partial charge is 0.353 e. The van der Waals surface area contributed by atoms with E-state index in [1.54, 1.807) is 0 Å². The van der Waals surface area contributed by atoms with Crippen LogP contribution in [0.4, 0.5) is 10.9 Å². The van der Waals surface area contributed by atoms with Gasteiger partial charge in [-0.3, -0.25) is 0 Å². The van der Waals surface area contributed by atoms with Gasteiger partial charge in [-0.1, -0.05) is 19.1 Å². The zero-order valence-corrected chi connectivity index (χ0v) is 15.5. The third kappa shape index (κ3) is 3.28. The summed E-state index contributed by atoms with van der Waals surface area (Å²) in [4.78, 5) is 19.0. The van der Waals surface area contributed by atoms with E-state index in [0.29, 0.717) is 0 Å². The van der Waals surface area contributed by atoms with Crippen molar-refractivity contribution < 1.29 is 0 Å². The highest BCUT2D eigenvalue weighted by molar-refractivity contribution is 7.09. The Hall–Kier alpha value is -2.28. The van der Waals surface area contributed by atoms with Crippen molar-refractivity contribution in [1.29, 1.82) is 0 Å². The highest BCUT2D eigenvalue weighted by Gasteiger charge is 2.20. The Morgan fingerprint density at radius 3 is 2.44 bits per heavy atom. The number of aryl methyl sites for hydroxylation is 2. The molecule has 1 saturated heterocycles. The Kier molecular flexibility index (Phi) is 4.48. The van der Waals surface area contributed by atoms with E-state index in [-0.39, 0.29) is 0 Å². The summed E-state index contributed by atoms with van der Waals surface area (Å²) in [5.74, 6) is 1.95. The maximum absolute atomic E-state index is 4.87. The van der Waals surface area contributed by atoms with E-state index in [2.05, 4.69) is 33.0 Å². The molecule has 0 aliphatic carbocycles. The predicted octanol–water partition coefficient (Wildman–Crippen LogP) is 3.07. The van der Waals surface area contributed by atoms with Crippen LogP contribution in [-0.4, -0.2) is 45.5 Å². The number of benzene rings is 1. The van der Waals surface area contributed by atoms with Gasteiger partial charge in [0, 0.05) is 44.1 Å². The SMILES string of the molecule is CCc1nsc(N2CCCN(c3nc4ccccc4nc3C)CC2)n1. The van der Waals surface area contributed by atoms with Crippen molar-refractivity contribution in [1.82, 2.24) is 19.3 Å². The first-order chi connectivity index (χ1) is 12.2. The molecule has 1 aromatic carbocycles. The molecular weight excluding hydrogens is 332 g/mol. The molecule has 1 fully saturated rings. The van der Waals surface area contributed by atoms with Crippen molar-refractivity contribution in [2.75, 3.05) is 36.0 Å². The van der Waals surface area contributed by atoms with Crippen LogP contribution in [0.15, 0.2) is 24.3 Å². The van der Waals surface area contributed by atoms with Gasteiger partial charge in [0.05, 0.1) is 16.7 Å². The minimum Gasteiger partial charge on any atom is -0.353 e. The molecule has 0 bridgehead atoms. The Morgan fingerprint density at radius 2 is 1.68 bits per heavy atom. The number of para-hydroxylation sites is 2. The summed E-state index contributed by atoms with van der Waals surface area (Å²) in [6, 6.07) is 8.07. The van der Waals surface area contributed by atoms with Gasteiger partial charge >= 0.3 is 0 Å². The first-order valence-electron chi connectivity index (χ1n) is 8.80. The topological polar surface area (TPSA) is 58.0 Å². The van der Waals surface area contributed by atoms with Gasteiger partial charge in [0.1, 0.15) is 5.82 Å². The lowest BCUT2D eigenvalue weighted by atomic mass is 10.2. The first kappa shape index (κ1) is 16.2. The standard InChI is InChI=1S/C18H22N6S/c1-3-16-21-18(25-22-16)24-10-6-9-23(11-12-24)17-13(2)19-14-7-4-5-8-15(14)20-17/h4-5,7-8H,3,6,9-12H2,1-2H3. The van der Waals surface area contributed by atoms with Gasteiger partial charge in [-0.05, 0) is 25.5 Å². The number of anilines is 2. The minimum absolute atomic E-state index is 0.891. The fourth-order valence-corrected chi connectivity index (χ4v) is 4.02. The van der Waals surface area contributed by atoms with E-state index in [4.69, 9.17) is 9.97 Å². The molecule has 1 aliphatic heterocycles. The minimum atomic E-state index is 0.891. The van der Waals surface area contributed by atoms with E-state index in [9.17, 15) is 0 Å². The van der Waals surface area contributed by atoms with Crippen molar-refractivity contribution >= 4 is 33.5 Å². The molecule has 0 amide bonds. The van der Waals surface area contributed by atoms with Gasteiger partial charge in [-0.15, -0.1) is 0 Å².